The highest BCUT2D eigenvalue weighted by molar-refractivity contribution is 6.00. The molecule has 2 aromatic carbocycles. The van der Waals surface area contributed by atoms with Gasteiger partial charge in [0.15, 0.2) is 0 Å². The van der Waals surface area contributed by atoms with Crippen LogP contribution in [-0.2, 0) is 11.2 Å². The van der Waals surface area contributed by atoms with Crippen LogP contribution in [0.4, 0.5) is 15.8 Å². The van der Waals surface area contributed by atoms with Crippen LogP contribution < -0.4 is 10.6 Å². The van der Waals surface area contributed by atoms with E-state index in [9.17, 15) is 14.0 Å². The molecule has 1 atom stereocenters. The molecule has 0 fully saturated rings. The van der Waals surface area contributed by atoms with E-state index >= 15 is 0 Å². The van der Waals surface area contributed by atoms with Crippen molar-refractivity contribution in [1.82, 2.24) is 4.90 Å². The zero-order valence-corrected chi connectivity index (χ0v) is 14.4. The van der Waals surface area contributed by atoms with Crippen molar-refractivity contribution in [3.05, 3.63) is 58.9 Å². The molecule has 5 nitrogen and oxygen atoms in total. The minimum atomic E-state index is -0.543. The van der Waals surface area contributed by atoms with Gasteiger partial charge in [-0.2, -0.15) is 0 Å². The number of aryl methyl sites for hydroxylation is 1. The summed E-state index contributed by atoms with van der Waals surface area (Å²) in [5, 5.41) is 5.89. The van der Waals surface area contributed by atoms with Crippen molar-refractivity contribution in [3.63, 3.8) is 0 Å². The second-order valence-corrected chi connectivity index (χ2v) is 6.39. The van der Waals surface area contributed by atoms with Crippen molar-refractivity contribution in [1.29, 1.82) is 0 Å². The smallest absolute Gasteiger partial charge is 0.253 e. The van der Waals surface area contributed by atoms with Crippen LogP contribution in [0.2, 0.25) is 0 Å². The van der Waals surface area contributed by atoms with Gasteiger partial charge >= 0.3 is 0 Å². The van der Waals surface area contributed by atoms with Crippen molar-refractivity contribution < 1.29 is 14.0 Å². The first-order valence-corrected chi connectivity index (χ1v) is 8.04. The number of carbonyl (C=O) groups is 2. The fourth-order valence-electron chi connectivity index (χ4n) is 2.95. The van der Waals surface area contributed by atoms with Crippen molar-refractivity contribution in [2.75, 3.05) is 24.7 Å². The Labute approximate surface area is 145 Å². The van der Waals surface area contributed by atoms with E-state index in [2.05, 4.69) is 10.6 Å². The Balaban J connectivity index is 1.74. The van der Waals surface area contributed by atoms with Crippen molar-refractivity contribution >= 4 is 23.2 Å². The molecule has 0 spiro atoms. The maximum absolute atomic E-state index is 13.9. The molecule has 1 aliphatic rings. The third kappa shape index (κ3) is 3.33. The second-order valence-electron chi connectivity index (χ2n) is 6.39. The van der Waals surface area contributed by atoms with Gasteiger partial charge in [0.25, 0.3) is 5.91 Å². The average molecular weight is 341 g/mol. The zero-order valence-electron chi connectivity index (χ0n) is 14.4. The Hall–Kier alpha value is -2.89. The molecule has 130 valence electrons. The fraction of sp³-hybridized carbons (Fsp3) is 0.263. The highest BCUT2D eigenvalue weighted by atomic mass is 19.1. The summed E-state index contributed by atoms with van der Waals surface area (Å²) in [6, 6.07) is 9.34. The van der Waals surface area contributed by atoms with Gasteiger partial charge in [-0.25, -0.2) is 4.39 Å². The number of anilines is 2. The van der Waals surface area contributed by atoms with Gasteiger partial charge in [-0.1, -0.05) is 12.1 Å². The predicted molar refractivity (Wildman–Crippen MR) is 95.3 cm³/mol. The maximum atomic E-state index is 13.9. The number of halogens is 1. The lowest BCUT2D eigenvalue weighted by Crippen LogP contribution is -2.33. The molecule has 1 heterocycles. The summed E-state index contributed by atoms with van der Waals surface area (Å²) in [6.45, 7) is 1.88. The van der Waals surface area contributed by atoms with E-state index in [1.807, 2.05) is 6.92 Å². The van der Waals surface area contributed by atoms with Gasteiger partial charge in [-0.15, -0.1) is 0 Å². The summed E-state index contributed by atoms with van der Waals surface area (Å²) < 4.78 is 13.9. The fourth-order valence-corrected chi connectivity index (χ4v) is 2.95. The molecule has 2 amide bonds. The van der Waals surface area contributed by atoms with Crippen LogP contribution in [0, 0.1) is 12.7 Å². The van der Waals surface area contributed by atoms with Gasteiger partial charge in [0, 0.05) is 43.0 Å². The van der Waals surface area contributed by atoms with Crippen molar-refractivity contribution in [3.8, 4) is 0 Å². The number of benzene rings is 2. The minimum absolute atomic E-state index is 0.139. The molecule has 2 aromatic rings. The summed E-state index contributed by atoms with van der Waals surface area (Å²) >= 11 is 0. The number of nitrogens with one attached hydrogen (secondary N) is 2. The lowest BCUT2D eigenvalue weighted by atomic mass is 10.1. The first kappa shape index (κ1) is 17.0. The van der Waals surface area contributed by atoms with E-state index in [1.165, 1.54) is 11.0 Å². The van der Waals surface area contributed by atoms with Crippen LogP contribution in [0.3, 0.4) is 0 Å². The number of amides is 2. The number of hydrogen-bond donors (Lipinski definition) is 2. The Kier molecular flexibility index (Phi) is 4.44. The summed E-state index contributed by atoms with van der Waals surface area (Å²) in [7, 11) is 3.34. The molecule has 0 saturated heterocycles. The van der Waals surface area contributed by atoms with Crippen molar-refractivity contribution in [2.24, 2.45) is 0 Å². The minimum Gasteiger partial charge on any atom is -0.373 e. The Morgan fingerprint density at radius 1 is 1.24 bits per heavy atom. The number of rotatable bonds is 3. The third-order valence-corrected chi connectivity index (χ3v) is 4.29. The van der Waals surface area contributed by atoms with E-state index in [4.69, 9.17) is 0 Å². The lowest BCUT2D eigenvalue weighted by Gasteiger charge is -2.14. The van der Waals surface area contributed by atoms with Gasteiger partial charge in [0.05, 0.1) is 0 Å². The molecule has 0 aliphatic carbocycles. The summed E-state index contributed by atoms with van der Waals surface area (Å²) in [5.41, 5.74) is 3.17. The second kappa shape index (κ2) is 6.55. The highest BCUT2D eigenvalue weighted by Crippen LogP contribution is 2.31. The van der Waals surface area contributed by atoms with Gasteiger partial charge in [-0.3, -0.25) is 9.59 Å². The van der Waals surface area contributed by atoms with Gasteiger partial charge in [0.2, 0.25) is 5.91 Å². The standard InChI is InChI=1S/C19H20FN3O2/c1-11-7-8-15(20)14-10-16(22-17(11)14)18(24)21-13-6-4-5-12(9-13)19(25)23(2)3/h4-9,16,22H,10H2,1-3H3,(H,21,24). The number of nitrogens with zero attached hydrogens (tertiary/aromatic N) is 1. The van der Waals surface area contributed by atoms with Gasteiger partial charge < -0.3 is 15.5 Å². The molecular formula is C19H20FN3O2. The van der Waals surface area contributed by atoms with Gasteiger partial charge in [0.1, 0.15) is 11.9 Å². The van der Waals surface area contributed by atoms with E-state index in [0.29, 0.717) is 28.9 Å². The zero-order chi connectivity index (χ0) is 18.1. The Morgan fingerprint density at radius 2 is 2.00 bits per heavy atom. The van der Waals surface area contributed by atoms with E-state index < -0.39 is 6.04 Å². The molecule has 0 bridgehead atoms. The lowest BCUT2D eigenvalue weighted by molar-refractivity contribution is -0.116. The third-order valence-electron chi connectivity index (χ3n) is 4.29. The monoisotopic (exact) mass is 341 g/mol. The summed E-state index contributed by atoms with van der Waals surface area (Å²) in [5.74, 6) is -0.702. The molecule has 25 heavy (non-hydrogen) atoms. The number of fused-ring (bicyclic) bond motifs is 1. The average Bonchev–Trinajstić information content (AvgIpc) is 3.04. The first-order valence-electron chi connectivity index (χ1n) is 8.04. The molecular weight excluding hydrogens is 321 g/mol. The molecule has 6 heteroatoms. The van der Waals surface area contributed by atoms with E-state index in [-0.39, 0.29) is 17.6 Å². The Morgan fingerprint density at radius 3 is 2.68 bits per heavy atom. The van der Waals surface area contributed by atoms with Crippen LogP contribution in [0.5, 0.6) is 0 Å². The number of carbonyl (C=O) groups excluding carboxylic acids is 2. The summed E-state index contributed by atoms with van der Waals surface area (Å²) in [6.07, 6.45) is 0.297. The number of hydrogen-bond acceptors (Lipinski definition) is 3. The van der Waals surface area contributed by atoms with Crippen LogP contribution in [0.15, 0.2) is 36.4 Å². The van der Waals surface area contributed by atoms with Crippen LogP contribution >= 0.6 is 0 Å². The van der Waals surface area contributed by atoms with Crippen molar-refractivity contribution in [2.45, 2.75) is 19.4 Å². The topological polar surface area (TPSA) is 61.4 Å². The van der Waals surface area contributed by atoms with Crippen LogP contribution in [0.25, 0.3) is 0 Å². The molecule has 2 N–H and O–H groups in total. The van der Waals surface area contributed by atoms with E-state index in [0.717, 1.165) is 5.56 Å². The Bertz CT molecular complexity index is 818. The van der Waals surface area contributed by atoms with Gasteiger partial charge in [-0.05, 0) is 36.8 Å². The maximum Gasteiger partial charge on any atom is 0.253 e. The molecule has 1 unspecified atom stereocenters. The highest BCUT2D eigenvalue weighted by Gasteiger charge is 2.30. The SMILES string of the molecule is Cc1ccc(F)c2c1NC(C(=O)Nc1cccc(C(=O)N(C)C)c1)C2. The molecule has 0 saturated carbocycles. The molecule has 0 aromatic heterocycles. The van der Waals surface area contributed by atoms with Crippen LogP contribution in [-0.4, -0.2) is 36.9 Å². The largest absolute Gasteiger partial charge is 0.373 e. The molecule has 1 aliphatic heterocycles. The van der Waals surface area contributed by atoms with Crippen LogP contribution in [0.1, 0.15) is 21.5 Å². The molecule has 3 rings (SSSR count). The van der Waals surface area contributed by atoms with E-state index in [1.54, 1.807) is 44.4 Å². The predicted octanol–water partition coefficient (Wildman–Crippen LogP) is 2.81. The normalized spacial score (nSPS) is 15.3. The first-order chi connectivity index (χ1) is 11.9. The molecule has 0 radical (unpaired) electrons. The quantitative estimate of drug-likeness (QED) is 0.902. The summed E-state index contributed by atoms with van der Waals surface area (Å²) in [4.78, 5) is 26.0.